The zero-order valence-corrected chi connectivity index (χ0v) is 10.9. The van der Waals surface area contributed by atoms with E-state index >= 15 is 0 Å². The SMILES string of the molecule is CCOC(=O)C1=C(c2ccc(C)cc2)C=CCC1. The van der Waals surface area contributed by atoms with Crippen LogP contribution in [0.4, 0.5) is 0 Å². The van der Waals surface area contributed by atoms with E-state index in [1.165, 1.54) is 5.56 Å². The molecule has 0 aromatic heterocycles. The van der Waals surface area contributed by atoms with Crippen LogP contribution in [-0.2, 0) is 9.53 Å². The van der Waals surface area contributed by atoms with E-state index in [9.17, 15) is 4.79 Å². The molecule has 0 unspecified atom stereocenters. The number of ether oxygens (including phenoxy) is 1. The van der Waals surface area contributed by atoms with Crippen LogP contribution in [-0.4, -0.2) is 12.6 Å². The number of aryl methyl sites for hydroxylation is 1. The van der Waals surface area contributed by atoms with Crippen molar-refractivity contribution < 1.29 is 9.53 Å². The lowest BCUT2D eigenvalue weighted by Gasteiger charge is -2.15. The van der Waals surface area contributed by atoms with Crippen LogP contribution in [0.1, 0.15) is 30.9 Å². The van der Waals surface area contributed by atoms with Crippen molar-refractivity contribution in [3.05, 3.63) is 53.1 Å². The fourth-order valence-corrected chi connectivity index (χ4v) is 2.10. The second-order valence-electron chi connectivity index (χ2n) is 4.42. The zero-order chi connectivity index (χ0) is 13.0. The van der Waals surface area contributed by atoms with E-state index in [1.807, 2.05) is 13.0 Å². The van der Waals surface area contributed by atoms with Crippen molar-refractivity contribution in [3.8, 4) is 0 Å². The average molecular weight is 242 g/mol. The molecular weight excluding hydrogens is 224 g/mol. The van der Waals surface area contributed by atoms with Gasteiger partial charge < -0.3 is 4.74 Å². The zero-order valence-electron chi connectivity index (χ0n) is 10.9. The molecule has 0 amide bonds. The van der Waals surface area contributed by atoms with Crippen molar-refractivity contribution in [2.45, 2.75) is 26.7 Å². The first kappa shape index (κ1) is 12.6. The third kappa shape index (κ3) is 2.70. The van der Waals surface area contributed by atoms with E-state index in [1.54, 1.807) is 0 Å². The monoisotopic (exact) mass is 242 g/mol. The Labute approximate surface area is 108 Å². The molecule has 2 heteroatoms. The Morgan fingerprint density at radius 1 is 1.28 bits per heavy atom. The van der Waals surface area contributed by atoms with Gasteiger partial charge in [0.05, 0.1) is 6.61 Å². The molecule has 0 N–H and O–H groups in total. The predicted octanol–water partition coefficient (Wildman–Crippen LogP) is 3.66. The molecule has 1 aromatic rings. The quantitative estimate of drug-likeness (QED) is 0.756. The molecule has 0 spiro atoms. The van der Waals surface area contributed by atoms with Gasteiger partial charge in [-0.2, -0.15) is 0 Å². The first-order valence-corrected chi connectivity index (χ1v) is 6.36. The van der Waals surface area contributed by atoms with E-state index in [0.717, 1.165) is 29.6 Å². The first-order valence-electron chi connectivity index (χ1n) is 6.36. The van der Waals surface area contributed by atoms with Gasteiger partial charge in [0.25, 0.3) is 0 Å². The maximum Gasteiger partial charge on any atom is 0.334 e. The third-order valence-electron chi connectivity index (χ3n) is 3.06. The van der Waals surface area contributed by atoms with Crippen LogP contribution in [0.3, 0.4) is 0 Å². The Morgan fingerprint density at radius 2 is 2.00 bits per heavy atom. The molecule has 1 aromatic carbocycles. The van der Waals surface area contributed by atoms with Crippen LogP contribution in [0, 0.1) is 6.92 Å². The van der Waals surface area contributed by atoms with E-state index in [0.29, 0.717) is 6.61 Å². The van der Waals surface area contributed by atoms with Crippen molar-refractivity contribution in [3.63, 3.8) is 0 Å². The molecule has 94 valence electrons. The van der Waals surface area contributed by atoms with Gasteiger partial charge in [0.1, 0.15) is 0 Å². The fourth-order valence-electron chi connectivity index (χ4n) is 2.10. The summed E-state index contributed by atoms with van der Waals surface area (Å²) in [5.74, 6) is -0.183. The molecule has 0 aliphatic heterocycles. The molecular formula is C16H18O2. The van der Waals surface area contributed by atoms with Crippen molar-refractivity contribution in [2.75, 3.05) is 6.61 Å². The van der Waals surface area contributed by atoms with Gasteiger partial charge in [-0.15, -0.1) is 0 Å². The van der Waals surface area contributed by atoms with Gasteiger partial charge in [0.15, 0.2) is 0 Å². The Bertz CT molecular complexity index is 492. The Kier molecular flexibility index (Phi) is 3.98. The van der Waals surface area contributed by atoms with Crippen molar-refractivity contribution in [1.82, 2.24) is 0 Å². The normalized spacial score (nSPS) is 14.8. The minimum absolute atomic E-state index is 0.183. The molecule has 1 aliphatic carbocycles. The van der Waals surface area contributed by atoms with Gasteiger partial charge >= 0.3 is 5.97 Å². The minimum atomic E-state index is -0.183. The number of esters is 1. The number of benzene rings is 1. The van der Waals surface area contributed by atoms with Crippen LogP contribution in [0.25, 0.3) is 5.57 Å². The summed E-state index contributed by atoms with van der Waals surface area (Å²) >= 11 is 0. The number of allylic oxidation sites excluding steroid dienone is 3. The molecule has 0 heterocycles. The number of hydrogen-bond donors (Lipinski definition) is 0. The van der Waals surface area contributed by atoms with E-state index in [2.05, 4.69) is 37.3 Å². The number of hydrogen-bond acceptors (Lipinski definition) is 2. The lowest BCUT2D eigenvalue weighted by Crippen LogP contribution is -2.11. The largest absolute Gasteiger partial charge is 0.463 e. The first-order chi connectivity index (χ1) is 8.72. The maximum absolute atomic E-state index is 11.9. The highest BCUT2D eigenvalue weighted by Gasteiger charge is 2.18. The highest BCUT2D eigenvalue weighted by molar-refractivity contribution is 6.00. The Balaban J connectivity index is 2.39. The molecule has 0 saturated carbocycles. The number of carbonyl (C=O) groups is 1. The smallest absolute Gasteiger partial charge is 0.334 e. The van der Waals surface area contributed by atoms with Crippen molar-refractivity contribution >= 4 is 11.5 Å². The second-order valence-corrected chi connectivity index (χ2v) is 4.42. The fraction of sp³-hybridized carbons (Fsp3) is 0.312. The van der Waals surface area contributed by atoms with Gasteiger partial charge in [0.2, 0.25) is 0 Å². The predicted molar refractivity (Wildman–Crippen MR) is 73.1 cm³/mol. The maximum atomic E-state index is 11.9. The topological polar surface area (TPSA) is 26.3 Å². The van der Waals surface area contributed by atoms with Crippen molar-refractivity contribution in [2.24, 2.45) is 0 Å². The van der Waals surface area contributed by atoms with Crippen LogP contribution >= 0.6 is 0 Å². The Morgan fingerprint density at radius 3 is 2.67 bits per heavy atom. The van der Waals surface area contributed by atoms with Gasteiger partial charge in [-0.05, 0) is 37.8 Å². The highest BCUT2D eigenvalue weighted by Crippen LogP contribution is 2.28. The average Bonchev–Trinajstić information content (AvgIpc) is 2.40. The van der Waals surface area contributed by atoms with Gasteiger partial charge in [-0.3, -0.25) is 0 Å². The third-order valence-corrected chi connectivity index (χ3v) is 3.06. The molecule has 0 atom stereocenters. The van der Waals surface area contributed by atoms with Crippen molar-refractivity contribution in [1.29, 1.82) is 0 Å². The molecule has 18 heavy (non-hydrogen) atoms. The summed E-state index contributed by atoms with van der Waals surface area (Å²) in [5.41, 5.74) is 4.10. The summed E-state index contributed by atoms with van der Waals surface area (Å²) in [4.78, 5) is 11.9. The number of rotatable bonds is 3. The van der Waals surface area contributed by atoms with Gasteiger partial charge in [-0.25, -0.2) is 4.79 Å². The van der Waals surface area contributed by atoms with E-state index in [4.69, 9.17) is 4.74 Å². The van der Waals surface area contributed by atoms with Crippen LogP contribution in [0.15, 0.2) is 42.0 Å². The minimum Gasteiger partial charge on any atom is -0.463 e. The lowest BCUT2D eigenvalue weighted by molar-refractivity contribution is -0.138. The molecule has 0 fully saturated rings. The van der Waals surface area contributed by atoms with Crippen LogP contribution in [0.5, 0.6) is 0 Å². The molecule has 2 nitrogen and oxygen atoms in total. The number of carbonyl (C=O) groups excluding carboxylic acids is 1. The molecule has 2 rings (SSSR count). The molecule has 0 saturated heterocycles. The lowest BCUT2D eigenvalue weighted by atomic mass is 9.92. The summed E-state index contributed by atoms with van der Waals surface area (Å²) in [7, 11) is 0. The summed E-state index contributed by atoms with van der Waals surface area (Å²) in [6.45, 7) is 4.32. The summed E-state index contributed by atoms with van der Waals surface area (Å²) in [5, 5.41) is 0. The van der Waals surface area contributed by atoms with E-state index in [-0.39, 0.29) is 5.97 Å². The summed E-state index contributed by atoms with van der Waals surface area (Å²) < 4.78 is 5.13. The highest BCUT2D eigenvalue weighted by atomic mass is 16.5. The molecule has 0 bridgehead atoms. The molecule has 0 radical (unpaired) electrons. The van der Waals surface area contributed by atoms with E-state index < -0.39 is 0 Å². The van der Waals surface area contributed by atoms with Gasteiger partial charge in [0, 0.05) is 5.57 Å². The standard InChI is InChI=1S/C16H18O2/c1-3-18-16(17)15-7-5-4-6-14(15)13-10-8-12(2)9-11-13/h4,6,8-11H,3,5,7H2,1-2H3. The second kappa shape index (κ2) is 5.67. The summed E-state index contributed by atoms with van der Waals surface area (Å²) in [6, 6.07) is 8.24. The summed E-state index contributed by atoms with van der Waals surface area (Å²) in [6.07, 6.45) is 5.81. The van der Waals surface area contributed by atoms with Crippen LogP contribution < -0.4 is 0 Å². The molecule has 1 aliphatic rings. The van der Waals surface area contributed by atoms with Crippen LogP contribution in [0.2, 0.25) is 0 Å². The van der Waals surface area contributed by atoms with Gasteiger partial charge in [-0.1, -0.05) is 42.0 Å². The Hall–Kier alpha value is -1.83.